The molecule has 0 amide bonds. The number of nitrogens with zero attached hydrogens (tertiary/aromatic N) is 2. The Bertz CT molecular complexity index is 595. The predicted octanol–water partition coefficient (Wildman–Crippen LogP) is 3.65. The highest BCUT2D eigenvalue weighted by atomic mass is 79.9. The minimum atomic E-state index is -0.426. The molecule has 0 saturated carbocycles. The van der Waals surface area contributed by atoms with Crippen LogP contribution < -0.4 is 4.74 Å². The largest absolute Gasteiger partial charge is 0.454 e. The molecule has 0 N–H and O–H groups in total. The fourth-order valence-electron chi connectivity index (χ4n) is 1.22. The van der Waals surface area contributed by atoms with E-state index in [1.807, 2.05) is 6.07 Å². The summed E-state index contributed by atoms with van der Waals surface area (Å²) >= 11 is 3.05. The van der Waals surface area contributed by atoms with Crippen LogP contribution in [0, 0.1) is 17.1 Å². The van der Waals surface area contributed by atoms with Crippen LogP contribution in [0.25, 0.3) is 0 Å². The predicted molar refractivity (Wildman–Crippen MR) is 63.1 cm³/mol. The number of rotatable bonds is 2. The molecule has 0 atom stereocenters. The van der Waals surface area contributed by atoms with Gasteiger partial charge in [0.25, 0.3) is 0 Å². The van der Waals surface area contributed by atoms with Crippen LogP contribution in [0.5, 0.6) is 11.5 Å². The van der Waals surface area contributed by atoms with Gasteiger partial charge in [-0.3, -0.25) is 0 Å². The van der Waals surface area contributed by atoms with Crippen molar-refractivity contribution in [1.82, 2.24) is 4.98 Å². The van der Waals surface area contributed by atoms with E-state index in [1.54, 1.807) is 18.2 Å². The molecule has 0 aliphatic rings. The lowest BCUT2D eigenvalue weighted by Gasteiger charge is -2.06. The Kier molecular flexibility index (Phi) is 3.35. The maximum Gasteiger partial charge on any atom is 0.183 e. The molecular formula is C12H6BrFN2O. The molecule has 3 nitrogen and oxygen atoms in total. The van der Waals surface area contributed by atoms with E-state index >= 15 is 0 Å². The van der Waals surface area contributed by atoms with E-state index in [4.69, 9.17) is 10.00 Å². The molecule has 0 saturated heterocycles. The lowest BCUT2D eigenvalue weighted by Crippen LogP contribution is -1.91. The SMILES string of the molecule is N#Cc1ncccc1Oc1ccc(Br)c(F)c1. The molecule has 0 bridgehead atoms. The van der Waals surface area contributed by atoms with Crippen molar-refractivity contribution < 1.29 is 9.13 Å². The van der Waals surface area contributed by atoms with Crippen LogP contribution >= 0.6 is 15.9 Å². The third-order valence-corrected chi connectivity index (χ3v) is 2.64. The second-order valence-corrected chi connectivity index (χ2v) is 3.99. The van der Waals surface area contributed by atoms with Crippen molar-refractivity contribution in [2.24, 2.45) is 0 Å². The Balaban J connectivity index is 2.32. The molecule has 2 rings (SSSR count). The summed E-state index contributed by atoms with van der Waals surface area (Å²) in [5.41, 5.74) is 0.163. The number of pyridine rings is 1. The molecule has 1 aromatic carbocycles. The van der Waals surface area contributed by atoms with Gasteiger partial charge in [0.05, 0.1) is 4.47 Å². The first kappa shape index (κ1) is 11.6. The third-order valence-electron chi connectivity index (χ3n) is 2.00. The number of aromatic nitrogens is 1. The van der Waals surface area contributed by atoms with Crippen molar-refractivity contribution in [2.45, 2.75) is 0 Å². The quantitative estimate of drug-likeness (QED) is 0.849. The Hall–Kier alpha value is -1.93. The smallest absolute Gasteiger partial charge is 0.183 e. The van der Waals surface area contributed by atoms with Crippen LogP contribution in [0.2, 0.25) is 0 Å². The van der Waals surface area contributed by atoms with Crippen LogP contribution in [0.1, 0.15) is 5.69 Å². The van der Waals surface area contributed by atoms with Crippen molar-refractivity contribution >= 4 is 15.9 Å². The van der Waals surface area contributed by atoms with Gasteiger partial charge in [0.1, 0.15) is 17.6 Å². The van der Waals surface area contributed by atoms with Crippen molar-refractivity contribution in [1.29, 1.82) is 5.26 Å². The zero-order valence-corrected chi connectivity index (χ0v) is 10.1. The summed E-state index contributed by atoms with van der Waals surface area (Å²) in [7, 11) is 0. The van der Waals surface area contributed by atoms with Crippen molar-refractivity contribution in [3.8, 4) is 17.6 Å². The van der Waals surface area contributed by atoms with E-state index in [0.29, 0.717) is 16.0 Å². The molecule has 0 aliphatic heterocycles. The topological polar surface area (TPSA) is 45.9 Å². The first-order valence-corrected chi connectivity index (χ1v) is 5.48. The van der Waals surface area contributed by atoms with Gasteiger partial charge >= 0.3 is 0 Å². The van der Waals surface area contributed by atoms with E-state index in [9.17, 15) is 4.39 Å². The normalized spacial score (nSPS) is 9.71. The van der Waals surface area contributed by atoms with Gasteiger partial charge in [0, 0.05) is 12.3 Å². The fraction of sp³-hybridized carbons (Fsp3) is 0. The lowest BCUT2D eigenvalue weighted by atomic mass is 10.3. The minimum absolute atomic E-state index is 0.163. The van der Waals surface area contributed by atoms with Crippen LogP contribution in [-0.4, -0.2) is 4.98 Å². The highest BCUT2D eigenvalue weighted by Gasteiger charge is 2.06. The van der Waals surface area contributed by atoms with Crippen LogP contribution in [0.4, 0.5) is 4.39 Å². The molecule has 2 aromatic rings. The average Bonchev–Trinajstić information content (AvgIpc) is 2.34. The monoisotopic (exact) mass is 292 g/mol. The molecular weight excluding hydrogens is 287 g/mol. The maximum atomic E-state index is 13.3. The molecule has 84 valence electrons. The number of hydrogen-bond donors (Lipinski definition) is 0. The van der Waals surface area contributed by atoms with Gasteiger partial charge in [-0.2, -0.15) is 5.26 Å². The van der Waals surface area contributed by atoms with Gasteiger partial charge in [-0.1, -0.05) is 0 Å². The minimum Gasteiger partial charge on any atom is -0.454 e. The summed E-state index contributed by atoms with van der Waals surface area (Å²) in [6.07, 6.45) is 1.49. The summed E-state index contributed by atoms with van der Waals surface area (Å²) in [6, 6.07) is 9.52. The molecule has 17 heavy (non-hydrogen) atoms. The molecule has 5 heteroatoms. The highest BCUT2D eigenvalue weighted by Crippen LogP contribution is 2.26. The van der Waals surface area contributed by atoms with Crippen molar-refractivity contribution in [2.75, 3.05) is 0 Å². The molecule has 0 spiro atoms. The first-order chi connectivity index (χ1) is 8.20. The Morgan fingerprint density at radius 2 is 2.18 bits per heavy atom. The number of halogens is 2. The fourth-order valence-corrected chi connectivity index (χ4v) is 1.47. The average molecular weight is 293 g/mol. The number of ether oxygens (including phenoxy) is 1. The van der Waals surface area contributed by atoms with Gasteiger partial charge in [0.2, 0.25) is 0 Å². The van der Waals surface area contributed by atoms with Crippen LogP contribution in [0.15, 0.2) is 41.0 Å². The van der Waals surface area contributed by atoms with Gasteiger partial charge in [-0.25, -0.2) is 9.37 Å². The molecule has 1 heterocycles. The van der Waals surface area contributed by atoms with Gasteiger partial charge in [-0.05, 0) is 40.2 Å². The van der Waals surface area contributed by atoms with E-state index in [1.165, 1.54) is 18.3 Å². The Morgan fingerprint density at radius 1 is 1.35 bits per heavy atom. The first-order valence-electron chi connectivity index (χ1n) is 4.69. The second-order valence-electron chi connectivity index (χ2n) is 3.14. The second kappa shape index (κ2) is 4.93. The Morgan fingerprint density at radius 3 is 2.88 bits per heavy atom. The summed E-state index contributed by atoms with van der Waals surface area (Å²) in [4.78, 5) is 3.84. The summed E-state index contributed by atoms with van der Waals surface area (Å²) in [5.74, 6) is 0.192. The zero-order chi connectivity index (χ0) is 12.3. The molecule has 0 unspecified atom stereocenters. The van der Waals surface area contributed by atoms with Gasteiger partial charge < -0.3 is 4.74 Å². The van der Waals surface area contributed by atoms with Crippen molar-refractivity contribution in [3.63, 3.8) is 0 Å². The molecule has 0 aliphatic carbocycles. The number of hydrogen-bond acceptors (Lipinski definition) is 3. The van der Waals surface area contributed by atoms with E-state index < -0.39 is 5.82 Å². The maximum absolute atomic E-state index is 13.3. The lowest BCUT2D eigenvalue weighted by molar-refractivity contribution is 0.472. The Labute approximate surface area is 106 Å². The highest BCUT2D eigenvalue weighted by molar-refractivity contribution is 9.10. The van der Waals surface area contributed by atoms with Gasteiger partial charge in [0.15, 0.2) is 11.4 Å². The van der Waals surface area contributed by atoms with E-state index in [2.05, 4.69) is 20.9 Å². The number of nitriles is 1. The zero-order valence-electron chi connectivity index (χ0n) is 8.52. The van der Waals surface area contributed by atoms with Crippen LogP contribution in [-0.2, 0) is 0 Å². The van der Waals surface area contributed by atoms with E-state index in [0.717, 1.165) is 0 Å². The van der Waals surface area contributed by atoms with Gasteiger partial charge in [-0.15, -0.1) is 0 Å². The van der Waals surface area contributed by atoms with Crippen molar-refractivity contribution in [3.05, 3.63) is 52.5 Å². The third kappa shape index (κ3) is 2.60. The summed E-state index contributed by atoms with van der Waals surface area (Å²) in [5, 5.41) is 8.82. The molecule has 0 fully saturated rings. The standard InChI is InChI=1S/C12H6BrFN2O/c13-9-4-3-8(6-10(9)14)17-12-2-1-5-16-11(12)7-15/h1-6H. The molecule has 1 aromatic heterocycles. The van der Waals surface area contributed by atoms with E-state index in [-0.39, 0.29) is 5.69 Å². The summed E-state index contributed by atoms with van der Waals surface area (Å²) < 4.78 is 19.0. The number of benzene rings is 1. The summed E-state index contributed by atoms with van der Waals surface area (Å²) in [6.45, 7) is 0. The van der Waals surface area contributed by atoms with Crippen LogP contribution in [0.3, 0.4) is 0 Å². The molecule has 0 radical (unpaired) electrons.